The van der Waals surface area contributed by atoms with Gasteiger partial charge >= 0.3 is 0 Å². The van der Waals surface area contributed by atoms with Crippen LogP contribution in [0.2, 0.25) is 4.34 Å². The second-order valence-electron chi connectivity index (χ2n) is 7.12. The summed E-state index contributed by atoms with van der Waals surface area (Å²) in [7, 11) is 1.49. The van der Waals surface area contributed by atoms with E-state index in [4.69, 9.17) is 28.6 Å². The fourth-order valence-electron chi connectivity index (χ4n) is 3.66. The number of hydrogen-bond donors (Lipinski definition) is 2. The van der Waals surface area contributed by atoms with Gasteiger partial charge in [-0.3, -0.25) is 9.78 Å². The topological polar surface area (TPSA) is 66.5 Å². The summed E-state index contributed by atoms with van der Waals surface area (Å²) in [6.45, 7) is 1.96. The van der Waals surface area contributed by atoms with Crippen LogP contribution in [-0.2, 0) is 9.53 Å². The number of benzene rings is 1. The Morgan fingerprint density at radius 2 is 2.16 bits per heavy atom. The Morgan fingerprint density at radius 3 is 2.81 bits per heavy atom. The first-order chi connectivity index (χ1) is 15.0. The average molecular weight is 473 g/mol. The number of hydrogen-bond acceptors (Lipinski definition) is 5. The van der Waals surface area contributed by atoms with Crippen molar-refractivity contribution >= 4 is 57.5 Å². The highest BCUT2D eigenvalue weighted by Crippen LogP contribution is 2.44. The molecule has 1 aliphatic rings. The maximum atomic E-state index is 11.9. The van der Waals surface area contributed by atoms with Crippen molar-refractivity contribution in [1.29, 1.82) is 0 Å². The first-order valence-electron chi connectivity index (χ1n) is 9.63. The number of anilines is 2. The lowest BCUT2D eigenvalue weighted by Crippen LogP contribution is -2.29. The molecule has 4 rings (SSSR count). The third-order valence-corrected chi connectivity index (χ3v) is 6.64. The molecule has 160 valence electrons. The standard InChI is InChI=1S/C22H21ClN4O2S2/c1-13-11-14(6-7-15(13)25-19(28)12-29-2)27-21(17-8-9-18(23)31-17)20(26-22(27)30)16-5-3-4-10-24-16/h3-11,20-21H,12H2,1-2H3,(H,25,28)(H,26,30)/t20-,21+/m1/s1. The van der Waals surface area contributed by atoms with Crippen LogP contribution >= 0.6 is 35.2 Å². The molecule has 1 aromatic carbocycles. The van der Waals surface area contributed by atoms with Crippen molar-refractivity contribution in [2.45, 2.75) is 19.0 Å². The smallest absolute Gasteiger partial charge is 0.250 e. The minimum absolute atomic E-state index is 0.00822. The number of pyridine rings is 1. The molecule has 1 fully saturated rings. The summed E-state index contributed by atoms with van der Waals surface area (Å²) in [4.78, 5) is 19.6. The van der Waals surface area contributed by atoms with Crippen LogP contribution in [-0.4, -0.2) is 29.7 Å². The van der Waals surface area contributed by atoms with Crippen LogP contribution in [0.5, 0.6) is 0 Å². The van der Waals surface area contributed by atoms with Crippen LogP contribution in [0.4, 0.5) is 11.4 Å². The summed E-state index contributed by atoms with van der Waals surface area (Å²) in [6.07, 6.45) is 1.78. The minimum Gasteiger partial charge on any atom is -0.375 e. The molecule has 1 saturated heterocycles. The third-order valence-electron chi connectivity index (χ3n) is 5.02. The van der Waals surface area contributed by atoms with Gasteiger partial charge in [-0.1, -0.05) is 17.7 Å². The summed E-state index contributed by atoms with van der Waals surface area (Å²) < 4.78 is 5.61. The van der Waals surface area contributed by atoms with E-state index in [9.17, 15) is 4.79 Å². The second-order valence-corrected chi connectivity index (χ2v) is 9.25. The first-order valence-corrected chi connectivity index (χ1v) is 11.2. The van der Waals surface area contributed by atoms with E-state index in [1.807, 2.05) is 55.5 Å². The summed E-state index contributed by atoms with van der Waals surface area (Å²) in [6, 6.07) is 15.4. The number of halogens is 1. The lowest BCUT2D eigenvalue weighted by atomic mass is 10.0. The number of aromatic nitrogens is 1. The van der Waals surface area contributed by atoms with E-state index in [1.54, 1.807) is 6.20 Å². The van der Waals surface area contributed by atoms with Gasteiger partial charge < -0.3 is 20.3 Å². The van der Waals surface area contributed by atoms with Crippen LogP contribution in [0.3, 0.4) is 0 Å². The van der Waals surface area contributed by atoms with Crippen molar-refractivity contribution in [3.8, 4) is 0 Å². The van der Waals surface area contributed by atoms with Crippen LogP contribution in [0.15, 0.2) is 54.7 Å². The van der Waals surface area contributed by atoms with E-state index in [1.165, 1.54) is 18.4 Å². The van der Waals surface area contributed by atoms with Crippen LogP contribution in [0.1, 0.15) is 28.2 Å². The van der Waals surface area contributed by atoms with Gasteiger partial charge in [0.15, 0.2) is 5.11 Å². The fraction of sp³-hybridized carbons (Fsp3) is 0.227. The zero-order valence-electron chi connectivity index (χ0n) is 17.0. The Kier molecular flexibility index (Phi) is 6.52. The molecule has 3 heterocycles. The minimum atomic E-state index is -0.196. The van der Waals surface area contributed by atoms with E-state index >= 15 is 0 Å². The number of thiocarbonyl (C=S) groups is 1. The van der Waals surface area contributed by atoms with Gasteiger partial charge in [0, 0.05) is 29.6 Å². The monoisotopic (exact) mass is 472 g/mol. The largest absolute Gasteiger partial charge is 0.375 e. The number of nitrogens with zero attached hydrogens (tertiary/aromatic N) is 2. The SMILES string of the molecule is COCC(=O)Nc1ccc(N2C(=S)N[C@H](c3ccccn3)[C@@H]2c2ccc(Cl)s2)cc1C. The highest BCUT2D eigenvalue weighted by atomic mass is 35.5. The van der Waals surface area contributed by atoms with Gasteiger partial charge in [0.25, 0.3) is 0 Å². The van der Waals surface area contributed by atoms with Gasteiger partial charge in [-0.15, -0.1) is 11.3 Å². The molecular weight excluding hydrogens is 452 g/mol. The number of carbonyl (C=O) groups is 1. The molecule has 0 bridgehead atoms. The number of nitrogens with one attached hydrogen (secondary N) is 2. The molecule has 31 heavy (non-hydrogen) atoms. The number of amides is 1. The van der Waals surface area contributed by atoms with E-state index < -0.39 is 0 Å². The second kappa shape index (κ2) is 9.32. The number of carbonyl (C=O) groups excluding carboxylic acids is 1. The number of thiophene rings is 1. The van der Waals surface area contributed by atoms with Crippen molar-refractivity contribution in [3.05, 3.63) is 75.2 Å². The molecule has 0 aliphatic carbocycles. The van der Waals surface area contributed by atoms with E-state index in [-0.39, 0.29) is 24.6 Å². The molecule has 1 aliphatic heterocycles. The lowest BCUT2D eigenvalue weighted by molar-refractivity contribution is -0.119. The maximum Gasteiger partial charge on any atom is 0.250 e. The van der Waals surface area contributed by atoms with Crippen molar-refractivity contribution in [2.75, 3.05) is 23.9 Å². The highest BCUT2D eigenvalue weighted by Gasteiger charge is 2.41. The molecule has 1 amide bonds. The quantitative estimate of drug-likeness (QED) is 0.499. The van der Waals surface area contributed by atoms with Crippen LogP contribution < -0.4 is 15.5 Å². The number of rotatable bonds is 6. The third kappa shape index (κ3) is 4.57. The molecule has 2 aromatic heterocycles. The van der Waals surface area contributed by atoms with Crippen molar-refractivity contribution < 1.29 is 9.53 Å². The van der Waals surface area contributed by atoms with Gasteiger partial charge in [-0.05, 0) is 67.2 Å². The van der Waals surface area contributed by atoms with Crippen molar-refractivity contribution in [1.82, 2.24) is 10.3 Å². The van der Waals surface area contributed by atoms with Gasteiger partial charge in [0.05, 0.1) is 22.1 Å². The first kappa shape index (κ1) is 21.7. The fourth-order valence-corrected chi connectivity index (χ4v) is 5.20. The Morgan fingerprint density at radius 1 is 1.32 bits per heavy atom. The van der Waals surface area contributed by atoms with Gasteiger partial charge in [0.1, 0.15) is 6.61 Å². The highest BCUT2D eigenvalue weighted by molar-refractivity contribution is 7.80. The predicted molar refractivity (Wildman–Crippen MR) is 129 cm³/mol. The number of aryl methyl sites for hydroxylation is 1. The molecule has 3 aromatic rings. The Balaban J connectivity index is 1.71. The normalized spacial score (nSPS) is 18.2. The molecule has 2 atom stereocenters. The van der Waals surface area contributed by atoms with Crippen LogP contribution in [0.25, 0.3) is 0 Å². The molecule has 0 radical (unpaired) electrons. The van der Waals surface area contributed by atoms with Crippen molar-refractivity contribution in [2.24, 2.45) is 0 Å². The zero-order chi connectivity index (χ0) is 22.0. The zero-order valence-corrected chi connectivity index (χ0v) is 19.4. The van der Waals surface area contributed by atoms with Crippen LogP contribution in [0, 0.1) is 6.92 Å². The number of ether oxygens (including phenoxy) is 1. The molecular formula is C22H21ClN4O2S2. The van der Waals surface area contributed by atoms with E-state index in [0.29, 0.717) is 5.11 Å². The number of methoxy groups -OCH3 is 1. The van der Waals surface area contributed by atoms with E-state index in [0.717, 1.165) is 31.8 Å². The predicted octanol–water partition coefficient (Wildman–Crippen LogP) is 4.87. The molecule has 0 saturated carbocycles. The molecule has 2 N–H and O–H groups in total. The Labute approximate surface area is 195 Å². The molecule has 9 heteroatoms. The summed E-state index contributed by atoms with van der Waals surface area (Å²) in [5, 5.41) is 6.91. The van der Waals surface area contributed by atoms with E-state index in [2.05, 4.69) is 20.5 Å². The molecule has 6 nitrogen and oxygen atoms in total. The average Bonchev–Trinajstić information content (AvgIpc) is 3.33. The molecule has 0 unspecified atom stereocenters. The van der Waals surface area contributed by atoms with Crippen molar-refractivity contribution in [3.63, 3.8) is 0 Å². The molecule has 0 spiro atoms. The lowest BCUT2D eigenvalue weighted by Gasteiger charge is -2.27. The maximum absolute atomic E-state index is 11.9. The summed E-state index contributed by atoms with van der Waals surface area (Å²) >= 11 is 13.5. The van der Waals surface area contributed by atoms with Gasteiger partial charge in [0.2, 0.25) is 5.91 Å². The Hall–Kier alpha value is -2.52. The van der Waals surface area contributed by atoms with Gasteiger partial charge in [-0.2, -0.15) is 0 Å². The summed E-state index contributed by atoms with van der Waals surface area (Å²) in [5.74, 6) is -0.196. The summed E-state index contributed by atoms with van der Waals surface area (Å²) in [5.41, 5.74) is 3.49. The van der Waals surface area contributed by atoms with Gasteiger partial charge in [-0.25, -0.2) is 0 Å². The Bertz CT molecular complexity index is 1110.